The zero-order valence-corrected chi connectivity index (χ0v) is 12.8. The molecule has 0 bridgehead atoms. The third-order valence-corrected chi connectivity index (χ3v) is 5.62. The monoisotopic (exact) mass is 300 g/mol. The Morgan fingerprint density at radius 1 is 1.30 bits per heavy atom. The molecule has 1 heterocycles. The molecule has 6 heteroatoms. The molecule has 2 rings (SSSR count). The summed E-state index contributed by atoms with van der Waals surface area (Å²) in [6.07, 6.45) is 2.38. The minimum Gasteiger partial charge on any atom is -0.302 e. The Morgan fingerprint density at radius 2 is 1.95 bits per heavy atom. The Hall–Kier alpha value is -0.980. The number of sulfonamides is 1. The van der Waals surface area contributed by atoms with Crippen LogP contribution in [0.1, 0.15) is 18.4 Å². The van der Waals surface area contributed by atoms with Gasteiger partial charge in [-0.25, -0.2) is 12.8 Å². The van der Waals surface area contributed by atoms with Crippen molar-refractivity contribution in [1.29, 1.82) is 0 Å². The van der Waals surface area contributed by atoms with Crippen LogP contribution < -0.4 is 0 Å². The Kier molecular flexibility index (Phi) is 4.78. The standard InChI is InChI=1S/C14H21FN2O2S/c1-12-11-13(5-6-14(12)15)20(18,19)16(2)9-10-17-7-3-4-8-17/h5-6,11H,3-4,7-10H2,1-2H3. The van der Waals surface area contributed by atoms with Gasteiger partial charge in [-0.1, -0.05) is 0 Å². The molecular weight excluding hydrogens is 279 g/mol. The second-order valence-corrected chi connectivity index (χ2v) is 7.33. The van der Waals surface area contributed by atoms with Crippen LogP contribution in [0.15, 0.2) is 23.1 Å². The number of aryl methyl sites for hydroxylation is 1. The number of nitrogens with zero attached hydrogens (tertiary/aromatic N) is 2. The zero-order valence-electron chi connectivity index (χ0n) is 12.0. The highest BCUT2D eigenvalue weighted by molar-refractivity contribution is 7.89. The molecule has 1 saturated heterocycles. The van der Waals surface area contributed by atoms with E-state index in [-0.39, 0.29) is 10.7 Å². The average Bonchev–Trinajstić information content (AvgIpc) is 2.92. The van der Waals surface area contributed by atoms with Crippen molar-refractivity contribution < 1.29 is 12.8 Å². The summed E-state index contributed by atoms with van der Waals surface area (Å²) in [5, 5.41) is 0. The van der Waals surface area contributed by atoms with Crippen LogP contribution >= 0.6 is 0 Å². The minimum atomic E-state index is -3.53. The second kappa shape index (κ2) is 6.20. The highest BCUT2D eigenvalue weighted by Crippen LogP contribution is 2.18. The Bertz CT molecular complexity index is 569. The summed E-state index contributed by atoms with van der Waals surface area (Å²) in [5.74, 6) is -0.385. The molecule has 0 unspecified atom stereocenters. The van der Waals surface area contributed by atoms with Gasteiger partial charge in [0.25, 0.3) is 0 Å². The molecule has 4 nitrogen and oxygen atoms in total. The average molecular weight is 300 g/mol. The molecule has 1 aliphatic rings. The highest BCUT2D eigenvalue weighted by Gasteiger charge is 2.22. The van der Waals surface area contributed by atoms with Gasteiger partial charge in [-0.2, -0.15) is 4.31 Å². The largest absolute Gasteiger partial charge is 0.302 e. The van der Waals surface area contributed by atoms with Crippen molar-refractivity contribution >= 4 is 10.0 Å². The number of hydrogen-bond donors (Lipinski definition) is 0. The molecule has 20 heavy (non-hydrogen) atoms. The molecule has 1 aromatic rings. The first-order chi connectivity index (χ1) is 9.41. The van der Waals surface area contributed by atoms with E-state index in [9.17, 15) is 12.8 Å². The van der Waals surface area contributed by atoms with Crippen molar-refractivity contribution in [3.05, 3.63) is 29.6 Å². The summed E-state index contributed by atoms with van der Waals surface area (Å²) in [5.41, 5.74) is 0.346. The summed E-state index contributed by atoms with van der Waals surface area (Å²) in [4.78, 5) is 2.42. The van der Waals surface area contributed by atoms with Crippen LogP contribution in [0.3, 0.4) is 0 Å². The van der Waals surface area contributed by atoms with Gasteiger partial charge in [0.1, 0.15) is 5.82 Å². The van der Waals surface area contributed by atoms with Crippen molar-refractivity contribution in [3.63, 3.8) is 0 Å². The first-order valence-corrected chi connectivity index (χ1v) is 8.30. The molecule has 0 aliphatic carbocycles. The van der Waals surface area contributed by atoms with E-state index in [1.807, 2.05) is 0 Å². The molecule has 0 N–H and O–H groups in total. The van der Waals surface area contributed by atoms with E-state index in [1.54, 1.807) is 14.0 Å². The molecule has 0 atom stereocenters. The van der Waals surface area contributed by atoms with Crippen LogP contribution in [0.5, 0.6) is 0 Å². The van der Waals surface area contributed by atoms with E-state index in [2.05, 4.69) is 4.90 Å². The summed E-state index contributed by atoms with van der Waals surface area (Å²) in [6, 6.07) is 3.91. The molecule has 112 valence electrons. The topological polar surface area (TPSA) is 40.6 Å². The van der Waals surface area contributed by atoms with Crippen LogP contribution in [-0.4, -0.2) is 50.8 Å². The SMILES string of the molecule is Cc1cc(S(=O)(=O)N(C)CCN2CCCC2)ccc1F. The van der Waals surface area contributed by atoms with E-state index < -0.39 is 10.0 Å². The van der Waals surface area contributed by atoms with Gasteiger partial charge in [-0.05, 0) is 56.6 Å². The van der Waals surface area contributed by atoms with Crippen molar-refractivity contribution in [2.75, 3.05) is 33.2 Å². The number of rotatable bonds is 5. The third kappa shape index (κ3) is 3.37. The number of hydrogen-bond acceptors (Lipinski definition) is 3. The molecule has 0 aromatic heterocycles. The molecule has 1 fully saturated rings. The molecule has 0 saturated carbocycles. The van der Waals surface area contributed by atoms with Gasteiger partial charge in [0, 0.05) is 20.1 Å². The quantitative estimate of drug-likeness (QED) is 0.833. The smallest absolute Gasteiger partial charge is 0.242 e. The van der Waals surface area contributed by atoms with Gasteiger partial charge < -0.3 is 4.90 Å². The number of benzene rings is 1. The summed E-state index contributed by atoms with van der Waals surface area (Å²) < 4.78 is 39.3. The minimum absolute atomic E-state index is 0.153. The summed E-state index contributed by atoms with van der Waals surface area (Å²) in [6.45, 7) is 4.86. The fourth-order valence-corrected chi connectivity index (χ4v) is 3.61. The van der Waals surface area contributed by atoms with Crippen LogP contribution in [-0.2, 0) is 10.0 Å². The molecule has 1 aliphatic heterocycles. The fraction of sp³-hybridized carbons (Fsp3) is 0.571. The van der Waals surface area contributed by atoms with Crippen LogP contribution in [0.2, 0.25) is 0 Å². The Balaban J connectivity index is 2.06. The van der Waals surface area contributed by atoms with Gasteiger partial charge >= 0.3 is 0 Å². The van der Waals surface area contributed by atoms with E-state index in [0.29, 0.717) is 12.1 Å². The summed E-state index contributed by atoms with van der Waals surface area (Å²) in [7, 11) is -1.96. The van der Waals surface area contributed by atoms with Gasteiger partial charge in [-0.15, -0.1) is 0 Å². The van der Waals surface area contributed by atoms with E-state index in [1.165, 1.54) is 35.3 Å². The van der Waals surface area contributed by atoms with Gasteiger partial charge in [0.2, 0.25) is 10.0 Å². The normalized spacial score (nSPS) is 17.0. The van der Waals surface area contributed by atoms with Gasteiger partial charge in [-0.3, -0.25) is 0 Å². The van der Waals surface area contributed by atoms with Crippen LogP contribution in [0.4, 0.5) is 4.39 Å². The lowest BCUT2D eigenvalue weighted by molar-refractivity contribution is 0.310. The molecule has 0 amide bonds. The number of likely N-dealkylation sites (N-methyl/N-ethyl adjacent to an activating group) is 1. The molecule has 1 aromatic carbocycles. The van der Waals surface area contributed by atoms with Crippen LogP contribution in [0, 0.1) is 12.7 Å². The first kappa shape index (κ1) is 15.4. The predicted octanol–water partition coefficient (Wildman–Crippen LogP) is 1.85. The fourth-order valence-electron chi connectivity index (χ4n) is 2.37. The first-order valence-electron chi connectivity index (χ1n) is 6.86. The lowest BCUT2D eigenvalue weighted by atomic mass is 10.2. The number of halogens is 1. The van der Waals surface area contributed by atoms with Crippen LogP contribution in [0.25, 0.3) is 0 Å². The molecule has 0 radical (unpaired) electrons. The van der Waals surface area contributed by atoms with Gasteiger partial charge in [0.15, 0.2) is 0 Å². The Labute approximate surface area is 120 Å². The lowest BCUT2D eigenvalue weighted by Crippen LogP contribution is -2.35. The molecular formula is C14H21FN2O2S. The maximum absolute atomic E-state index is 13.2. The molecule has 0 spiro atoms. The predicted molar refractivity (Wildman–Crippen MR) is 76.6 cm³/mol. The lowest BCUT2D eigenvalue weighted by Gasteiger charge is -2.21. The van der Waals surface area contributed by atoms with E-state index in [0.717, 1.165) is 19.6 Å². The third-order valence-electron chi connectivity index (χ3n) is 3.77. The van der Waals surface area contributed by atoms with Crippen molar-refractivity contribution in [2.45, 2.75) is 24.7 Å². The maximum Gasteiger partial charge on any atom is 0.242 e. The van der Waals surface area contributed by atoms with Gasteiger partial charge in [0.05, 0.1) is 4.90 Å². The maximum atomic E-state index is 13.2. The van der Waals surface area contributed by atoms with Crippen molar-refractivity contribution in [1.82, 2.24) is 9.21 Å². The summed E-state index contributed by atoms with van der Waals surface area (Å²) >= 11 is 0. The van der Waals surface area contributed by atoms with E-state index in [4.69, 9.17) is 0 Å². The van der Waals surface area contributed by atoms with Crippen molar-refractivity contribution in [2.24, 2.45) is 0 Å². The van der Waals surface area contributed by atoms with Crippen molar-refractivity contribution in [3.8, 4) is 0 Å². The highest BCUT2D eigenvalue weighted by atomic mass is 32.2. The zero-order chi connectivity index (χ0) is 14.8. The van der Waals surface area contributed by atoms with E-state index >= 15 is 0 Å². The second-order valence-electron chi connectivity index (χ2n) is 5.29. The Morgan fingerprint density at radius 3 is 2.55 bits per heavy atom. The number of likely N-dealkylation sites (tertiary alicyclic amines) is 1.